The Morgan fingerprint density at radius 1 is 1.14 bits per heavy atom. The van der Waals surface area contributed by atoms with Gasteiger partial charge in [-0.1, -0.05) is 6.92 Å². The second-order valence-corrected chi connectivity index (χ2v) is 4.80. The van der Waals surface area contributed by atoms with Gasteiger partial charge in [-0.15, -0.1) is 0 Å². The van der Waals surface area contributed by atoms with Crippen LogP contribution in [0.1, 0.15) is 38.8 Å². The van der Waals surface area contributed by atoms with E-state index in [0.717, 1.165) is 31.9 Å². The van der Waals surface area contributed by atoms with Crippen molar-refractivity contribution in [3.63, 3.8) is 0 Å². The van der Waals surface area contributed by atoms with Gasteiger partial charge < -0.3 is 15.2 Å². The molecule has 0 amide bonds. The first-order chi connectivity index (χ1) is 10.2. The normalized spacial score (nSPS) is 10.8. The zero-order chi connectivity index (χ0) is 15.2. The van der Waals surface area contributed by atoms with Crippen molar-refractivity contribution in [1.29, 1.82) is 0 Å². The average Bonchev–Trinajstić information content (AvgIpc) is 2.87. The second-order valence-electron chi connectivity index (χ2n) is 4.80. The summed E-state index contributed by atoms with van der Waals surface area (Å²) in [4.78, 5) is 19.4. The Labute approximate surface area is 125 Å². The third kappa shape index (κ3) is 3.68. The van der Waals surface area contributed by atoms with E-state index < -0.39 is 0 Å². The van der Waals surface area contributed by atoms with E-state index in [1.54, 1.807) is 6.20 Å². The van der Waals surface area contributed by atoms with Crippen molar-refractivity contribution >= 4 is 11.9 Å². The summed E-state index contributed by atoms with van der Waals surface area (Å²) in [6.07, 6.45) is 5.41. The van der Waals surface area contributed by atoms with Crippen LogP contribution in [0.3, 0.4) is 0 Å². The zero-order valence-electron chi connectivity index (χ0n) is 13.0. The lowest BCUT2D eigenvalue weighted by Gasteiger charge is -2.18. The monoisotopic (exact) mass is 289 g/mol. The molecule has 2 rings (SSSR count). The highest BCUT2D eigenvalue weighted by molar-refractivity contribution is 5.34. The van der Waals surface area contributed by atoms with Crippen LogP contribution in [-0.2, 0) is 13.0 Å². The van der Waals surface area contributed by atoms with Crippen LogP contribution in [0.4, 0.5) is 11.9 Å². The van der Waals surface area contributed by atoms with Gasteiger partial charge in [-0.25, -0.2) is 4.98 Å². The number of aryl methyl sites for hydroxylation is 1. The van der Waals surface area contributed by atoms with E-state index in [1.807, 2.05) is 6.20 Å². The maximum atomic E-state index is 5.82. The highest BCUT2D eigenvalue weighted by Crippen LogP contribution is 2.11. The molecule has 0 spiro atoms. The van der Waals surface area contributed by atoms with E-state index in [-0.39, 0.29) is 5.95 Å². The third-order valence-electron chi connectivity index (χ3n) is 3.32. The maximum Gasteiger partial charge on any atom is 0.230 e. The molecule has 2 aromatic rings. The molecule has 0 fully saturated rings. The first kappa shape index (κ1) is 15.2. The van der Waals surface area contributed by atoms with Gasteiger partial charge >= 0.3 is 0 Å². The minimum atomic E-state index is 0.260. The summed E-state index contributed by atoms with van der Waals surface area (Å²) in [5.41, 5.74) is 5.82. The molecular formula is C14H23N7. The van der Waals surface area contributed by atoms with E-state index in [4.69, 9.17) is 5.73 Å². The minimum absolute atomic E-state index is 0.260. The van der Waals surface area contributed by atoms with Gasteiger partial charge in [0.2, 0.25) is 11.9 Å². The predicted molar refractivity (Wildman–Crippen MR) is 83.1 cm³/mol. The van der Waals surface area contributed by atoms with Gasteiger partial charge in [0.25, 0.3) is 0 Å². The molecule has 0 aliphatic carbocycles. The molecule has 0 atom stereocenters. The number of nitrogen functional groups attached to an aromatic ring is 1. The number of nitrogens with zero attached hydrogens (tertiary/aromatic N) is 6. The number of rotatable bonds is 7. The van der Waals surface area contributed by atoms with Crippen LogP contribution >= 0.6 is 0 Å². The van der Waals surface area contributed by atoms with Crippen LogP contribution in [0, 0.1) is 0 Å². The highest BCUT2D eigenvalue weighted by Gasteiger charge is 2.12. The maximum absolute atomic E-state index is 5.82. The molecule has 2 N–H and O–H groups in total. The predicted octanol–water partition coefficient (Wildman–Crippen LogP) is 1.50. The van der Waals surface area contributed by atoms with Crippen LogP contribution in [-0.4, -0.2) is 37.6 Å². The van der Waals surface area contributed by atoms with E-state index in [0.29, 0.717) is 18.2 Å². The molecule has 114 valence electrons. The number of hydrogen-bond donors (Lipinski definition) is 1. The van der Waals surface area contributed by atoms with E-state index in [2.05, 4.69) is 50.2 Å². The van der Waals surface area contributed by atoms with Crippen LogP contribution in [0.15, 0.2) is 12.4 Å². The molecule has 0 aliphatic heterocycles. The first-order valence-corrected chi connectivity index (χ1v) is 7.43. The van der Waals surface area contributed by atoms with Gasteiger partial charge in [0.1, 0.15) is 11.6 Å². The zero-order valence-corrected chi connectivity index (χ0v) is 13.0. The Balaban J connectivity index is 2.25. The molecule has 0 aliphatic rings. The molecule has 21 heavy (non-hydrogen) atoms. The Morgan fingerprint density at radius 3 is 2.57 bits per heavy atom. The molecule has 0 unspecified atom stereocenters. The molecule has 0 bridgehead atoms. The lowest BCUT2D eigenvalue weighted by atomic mass is 10.3. The van der Waals surface area contributed by atoms with Crippen molar-refractivity contribution in [2.45, 2.75) is 40.2 Å². The van der Waals surface area contributed by atoms with Crippen molar-refractivity contribution in [3.05, 3.63) is 24.0 Å². The summed E-state index contributed by atoms with van der Waals surface area (Å²) in [7, 11) is 0. The Hall–Kier alpha value is -2.18. The summed E-state index contributed by atoms with van der Waals surface area (Å²) in [6, 6.07) is 0. The summed E-state index contributed by atoms with van der Waals surface area (Å²) in [6.45, 7) is 8.89. The SMILES string of the molecule is CCCn1ccnc1Cc1nc(N)nc(N(CC)CC)n1. The summed E-state index contributed by atoms with van der Waals surface area (Å²) in [5, 5.41) is 0. The molecule has 0 saturated carbocycles. The van der Waals surface area contributed by atoms with E-state index in [9.17, 15) is 0 Å². The molecule has 7 heteroatoms. The number of hydrogen-bond acceptors (Lipinski definition) is 6. The smallest absolute Gasteiger partial charge is 0.230 e. The number of nitrogens with two attached hydrogens (primary N) is 1. The molecule has 2 heterocycles. The standard InChI is InChI=1S/C14H23N7/c1-4-8-21-9-7-16-12(21)10-11-17-13(15)19-14(18-11)20(5-2)6-3/h7,9H,4-6,8,10H2,1-3H3,(H2,15,17,18,19). The Bertz CT molecular complexity index is 574. The number of anilines is 2. The average molecular weight is 289 g/mol. The van der Waals surface area contributed by atoms with E-state index in [1.165, 1.54) is 0 Å². The molecule has 0 saturated heterocycles. The number of imidazole rings is 1. The lowest BCUT2D eigenvalue weighted by Crippen LogP contribution is -2.25. The van der Waals surface area contributed by atoms with Crippen molar-refractivity contribution in [3.8, 4) is 0 Å². The minimum Gasteiger partial charge on any atom is -0.368 e. The van der Waals surface area contributed by atoms with Gasteiger partial charge in [-0.3, -0.25) is 0 Å². The molecule has 0 radical (unpaired) electrons. The van der Waals surface area contributed by atoms with Gasteiger partial charge in [0.05, 0.1) is 6.42 Å². The van der Waals surface area contributed by atoms with Crippen molar-refractivity contribution in [1.82, 2.24) is 24.5 Å². The topological polar surface area (TPSA) is 85.8 Å². The van der Waals surface area contributed by atoms with Gasteiger partial charge in [0.15, 0.2) is 0 Å². The van der Waals surface area contributed by atoms with Crippen molar-refractivity contribution in [2.24, 2.45) is 0 Å². The number of aromatic nitrogens is 5. The molecule has 2 aromatic heterocycles. The fourth-order valence-electron chi connectivity index (χ4n) is 2.25. The molecule has 7 nitrogen and oxygen atoms in total. The van der Waals surface area contributed by atoms with Crippen LogP contribution in [0.25, 0.3) is 0 Å². The summed E-state index contributed by atoms with van der Waals surface area (Å²) < 4.78 is 2.12. The van der Waals surface area contributed by atoms with Gasteiger partial charge in [0, 0.05) is 32.0 Å². The van der Waals surface area contributed by atoms with Crippen molar-refractivity contribution in [2.75, 3.05) is 23.7 Å². The second kappa shape index (κ2) is 7.01. The Morgan fingerprint density at radius 2 is 1.90 bits per heavy atom. The van der Waals surface area contributed by atoms with Crippen LogP contribution in [0.5, 0.6) is 0 Å². The van der Waals surface area contributed by atoms with Crippen molar-refractivity contribution < 1.29 is 0 Å². The first-order valence-electron chi connectivity index (χ1n) is 7.43. The van der Waals surface area contributed by atoms with Crippen LogP contribution in [0.2, 0.25) is 0 Å². The fraction of sp³-hybridized carbons (Fsp3) is 0.571. The fourth-order valence-corrected chi connectivity index (χ4v) is 2.25. The third-order valence-corrected chi connectivity index (χ3v) is 3.32. The molecular weight excluding hydrogens is 266 g/mol. The summed E-state index contributed by atoms with van der Waals surface area (Å²) in [5.74, 6) is 2.51. The van der Waals surface area contributed by atoms with Gasteiger partial charge in [-0.05, 0) is 20.3 Å². The van der Waals surface area contributed by atoms with E-state index >= 15 is 0 Å². The van der Waals surface area contributed by atoms with Gasteiger partial charge in [-0.2, -0.15) is 15.0 Å². The quantitative estimate of drug-likeness (QED) is 0.831. The largest absolute Gasteiger partial charge is 0.368 e. The summed E-state index contributed by atoms with van der Waals surface area (Å²) >= 11 is 0. The highest BCUT2D eigenvalue weighted by atomic mass is 15.3. The van der Waals surface area contributed by atoms with Crippen LogP contribution < -0.4 is 10.6 Å². The molecule has 0 aromatic carbocycles. The Kier molecular flexibility index (Phi) is 5.08. The lowest BCUT2D eigenvalue weighted by molar-refractivity contribution is 0.641.